The lowest BCUT2D eigenvalue weighted by Gasteiger charge is -2.48. The second-order valence-corrected chi connectivity index (χ2v) is 7.32. The summed E-state index contributed by atoms with van der Waals surface area (Å²) in [6, 6.07) is 0. The summed E-state index contributed by atoms with van der Waals surface area (Å²) in [5.41, 5.74) is -0.387. The van der Waals surface area contributed by atoms with Gasteiger partial charge in [0.25, 0.3) is 0 Å². The van der Waals surface area contributed by atoms with Crippen LogP contribution in [0.5, 0.6) is 0 Å². The summed E-state index contributed by atoms with van der Waals surface area (Å²) in [5.74, 6) is 1.21. The van der Waals surface area contributed by atoms with Gasteiger partial charge in [-0.15, -0.1) is 0 Å². The molecule has 0 aromatic carbocycles. The smallest absolute Gasteiger partial charge is 0.137 e. The Morgan fingerprint density at radius 2 is 1.95 bits per heavy atom. The van der Waals surface area contributed by atoms with Crippen LogP contribution >= 0.6 is 0 Å². The predicted molar refractivity (Wildman–Crippen MR) is 79.5 cm³/mol. The fourth-order valence-electron chi connectivity index (χ4n) is 4.54. The molecule has 3 atom stereocenters. The van der Waals surface area contributed by atoms with Crippen molar-refractivity contribution in [2.24, 2.45) is 11.8 Å². The number of likely N-dealkylation sites (tertiary alicyclic amines) is 1. The number of rotatable bonds is 2. The number of hydrogen-bond donors (Lipinski definition) is 1. The van der Waals surface area contributed by atoms with Crippen LogP contribution < -0.4 is 0 Å². The van der Waals surface area contributed by atoms with Crippen LogP contribution in [0.2, 0.25) is 0 Å². The lowest BCUT2D eigenvalue weighted by Crippen LogP contribution is -2.54. The molecule has 2 aliphatic carbocycles. The minimum atomic E-state index is -0.387. The molecule has 3 fully saturated rings. The van der Waals surface area contributed by atoms with Gasteiger partial charge in [-0.3, -0.25) is 4.79 Å². The highest BCUT2D eigenvalue weighted by atomic mass is 16.3. The van der Waals surface area contributed by atoms with E-state index in [1.807, 2.05) is 0 Å². The quantitative estimate of drug-likeness (QED) is 0.790. The summed E-state index contributed by atoms with van der Waals surface area (Å²) >= 11 is 0. The van der Waals surface area contributed by atoms with Crippen LogP contribution in [-0.2, 0) is 4.79 Å². The van der Waals surface area contributed by atoms with E-state index in [2.05, 4.69) is 4.90 Å². The maximum absolute atomic E-state index is 12.2. The molecule has 2 saturated carbocycles. The largest absolute Gasteiger partial charge is 0.390 e. The van der Waals surface area contributed by atoms with Gasteiger partial charge in [0.1, 0.15) is 5.78 Å². The van der Waals surface area contributed by atoms with Crippen LogP contribution in [0.4, 0.5) is 0 Å². The van der Waals surface area contributed by atoms with Crippen LogP contribution in [0.1, 0.15) is 64.2 Å². The number of nitrogens with zero attached hydrogens (tertiary/aromatic N) is 1. The minimum Gasteiger partial charge on any atom is -0.390 e. The van der Waals surface area contributed by atoms with Crippen LogP contribution in [-0.4, -0.2) is 41.0 Å². The van der Waals surface area contributed by atoms with Crippen molar-refractivity contribution in [3.63, 3.8) is 0 Å². The van der Waals surface area contributed by atoms with Crippen LogP contribution in [0.25, 0.3) is 0 Å². The zero-order valence-electron chi connectivity index (χ0n) is 12.6. The molecule has 20 heavy (non-hydrogen) atoms. The van der Waals surface area contributed by atoms with Crippen molar-refractivity contribution < 1.29 is 9.90 Å². The molecule has 3 nitrogen and oxygen atoms in total. The molecule has 0 radical (unpaired) electrons. The molecule has 1 N–H and O–H groups in total. The number of ketones is 1. The first-order valence-electron chi connectivity index (χ1n) is 8.65. The molecule has 114 valence electrons. The number of hydrogen-bond acceptors (Lipinski definition) is 3. The monoisotopic (exact) mass is 279 g/mol. The number of piperidine rings is 1. The molecule has 0 aromatic heterocycles. The molecule has 1 saturated heterocycles. The van der Waals surface area contributed by atoms with E-state index >= 15 is 0 Å². The van der Waals surface area contributed by atoms with E-state index in [9.17, 15) is 9.90 Å². The molecule has 3 unspecified atom stereocenters. The van der Waals surface area contributed by atoms with E-state index in [1.54, 1.807) is 0 Å². The van der Waals surface area contributed by atoms with Crippen molar-refractivity contribution in [3.8, 4) is 0 Å². The Morgan fingerprint density at radius 3 is 2.85 bits per heavy atom. The summed E-state index contributed by atoms with van der Waals surface area (Å²) in [5, 5.41) is 10.7. The van der Waals surface area contributed by atoms with Crippen molar-refractivity contribution in [2.75, 3.05) is 19.6 Å². The second-order valence-electron chi connectivity index (χ2n) is 7.32. The number of Topliss-reactive ketones (excluding diaryl/α,β-unsaturated/α-hetero) is 1. The SMILES string of the molecule is O=C1CCCCCC1CN1CCC2(O)CCCCC2C1. The molecular weight excluding hydrogens is 250 g/mol. The molecule has 0 amide bonds. The van der Waals surface area contributed by atoms with Gasteiger partial charge < -0.3 is 10.0 Å². The molecular formula is C17H29NO2. The maximum Gasteiger partial charge on any atom is 0.137 e. The molecule has 1 aliphatic heterocycles. The van der Waals surface area contributed by atoms with Crippen LogP contribution in [0.3, 0.4) is 0 Å². The summed E-state index contributed by atoms with van der Waals surface area (Å²) in [7, 11) is 0. The lowest BCUT2D eigenvalue weighted by atomic mass is 9.71. The molecule has 1 heterocycles. The first-order valence-corrected chi connectivity index (χ1v) is 8.65. The second kappa shape index (κ2) is 6.15. The lowest BCUT2D eigenvalue weighted by molar-refractivity contribution is -0.125. The van der Waals surface area contributed by atoms with Gasteiger partial charge in [0.05, 0.1) is 5.60 Å². The molecule has 3 heteroatoms. The normalized spacial score (nSPS) is 40.1. The number of fused-ring (bicyclic) bond motifs is 1. The number of carbonyl (C=O) groups excluding carboxylic acids is 1. The predicted octanol–water partition coefficient (Wildman–Crippen LogP) is 2.76. The van der Waals surface area contributed by atoms with E-state index in [1.165, 1.54) is 32.1 Å². The van der Waals surface area contributed by atoms with E-state index in [4.69, 9.17) is 0 Å². The van der Waals surface area contributed by atoms with Crippen LogP contribution in [0.15, 0.2) is 0 Å². The van der Waals surface area contributed by atoms with Gasteiger partial charge in [-0.1, -0.05) is 25.7 Å². The topological polar surface area (TPSA) is 40.5 Å². The van der Waals surface area contributed by atoms with Crippen molar-refractivity contribution in [1.82, 2.24) is 4.90 Å². The number of carbonyl (C=O) groups is 1. The van der Waals surface area contributed by atoms with Gasteiger partial charge in [0.15, 0.2) is 0 Å². The van der Waals surface area contributed by atoms with E-state index in [-0.39, 0.29) is 11.5 Å². The van der Waals surface area contributed by atoms with Gasteiger partial charge in [-0.05, 0) is 32.1 Å². The molecule has 0 spiro atoms. The van der Waals surface area contributed by atoms with Gasteiger partial charge in [0.2, 0.25) is 0 Å². The van der Waals surface area contributed by atoms with E-state index in [0.29, 0.717) is 11.7 Å². The third-order valence-corrected chi connectivity index (χ3v) is 5.92. The average molecular weight is 279 g/mol. The third-order valence-electron chi connectivity index (χ3n) is 5.92. The first-order chi connectivity index (χ1) is 9.67. The minimum absolute atomic E-state index is 0.271. The Labute approximate surface area is 122 Å². The summed E-state index contributed by atoms with van der Waals surface area (Å²) in [4.78, 5) is 14.6. The van der Waals surface area contributed by atoms with E-state index in [0.717, 1.165) is 51.7 Å². The zero-order valence-corrected chi connectivity index (χ0v) is 12.6. The fraction of sp³-hybridized carbons (Fsp3) is 0.941. The van der Waals surface area contributed by atoms with Gasteiger partial charge in [-0.25, -0.2) is 0 Å². The van der Waals surface area contributed by atoms with Crippen molar-refractivity contribution in [3.05, 3.63) is 0 Å². The standard InChI is InChI=1S/C17H29NO2/c19-16-8-3-1-2-6-14(16)12-18-11-10-17(20)9-5-4-7-15(17)13-18/h14-15,20H,1-13H2. The molecule has 0 bridgehead atoms. The first kappa shape index (κ1) is 14.5. The highest BCUT2D eigenvalue weighted by Crippen LogP contribution is 2.40. The van der Waals surface area contributed by atoms with Crippen molar-refractivity contribution in [1.29, 1.82) is 0 Å². The maximum atomic E-state index is 12.2. The molecule has 0 aromatic rings. The zero-order chi connectivity index (χ0) is 14.0. The third kappa shape index (κ3) is 3.09. The van der Waals surface area contributed by atoms with Gasteiger partial charge in [-0.2, -0.15) is 0 Å². The summed E-state index contributed by atoms with van der Waals surface area (Å²) in [6.45, 7) is 2.95. The molecule has 3 rings (SSSR count). The van der Waals surface area contributed by atoms with E-state index < -0.39 is 0 Å². The number of aliphatic hydroxyl groups is 1. The van der Waals surface area contributed by atoms with Gasteiger partial charge in [0, 0.05) is 37.9 Å². The highest BCUT2D eigenvalue weighted by molar-refractivity contribution is 5.81. The Bertz CT molecular complexity index is 357. The molecule has 3 aliphatic rings. The summed E-state index contributed by atoms with van der Waals surface area (Å²) < 4.78 is 0. The van der Waals surface area contributed by atoms with Crippen LogP contribution in [0, 0.1) is 11.8 Å². The Kier molecular flexibility index (Phi) is 4.46. The van der Waals surface area contributed by atoms with Crippen molar-refractivity contribution in [2.45, 2.75) is 69.8 Å². The fourth-order valence-corrected chi connectivity index (χ4v) is 4.54. The van der Waals surface area contributed by atoms with Gasteiger partial charge >= 0.3 is 0 Å². The Balaban J connectivity index is 1.57. The van der Waals surface area contributed by atoms with Crippen molar-refractivity contribution >= 4 is 5.78 Å². The summed E-state index contributed by atoms with van der Waals surface area (Å²) in [6.07, 6.45) is 11.0. The Hall–Kier alpha value is -0.410. The average Bonchev–Trinajstić information content (AvgIpc) is 2.64. The highest BCUT2D eigenvalue weighted by Gasteiger charge is 2.43. The Morgan fingerprint density at radius 1 is 1.10 bits per heavy atom.